The molecule has 0 unspecified atom stereocenters. The summed E-state index contributed by atoms with van der Waals surface area (Å²) in [6, 6.07) is 8.18. The minimum atomic E-state index is -3.92. The topological polar surface area (TPSA) is 80.7 Å². The molecule has 134 valence electrons. The van der Waals surface area contributed by atoms with Crippen molar-refractivity contribution in [1.29, 1.82) is 0 Å². The van der Waals surface area contributed by atoms with E-state index in [1.807, 2.05) is 0 Å². The largest absolute Gasteiger partial charge is 0.503 e. The molecule has 1 aliphatic rings. The van der Waals surface area contributed by atoms with E-state index in [1.54, 1.807) is 65.0 Å². The number of Topliss-reactive ketones (excluding diaryl/α,β-unsaturated/α-hetero) is 1. The van der Waals surface area contributed by atoms with E-state index in [0.717, 1.165) is 6.08 Å². The highest BCUT2D eigenvalue weighted by molar-refractivity contribution is 7.72. The van der Waals surface area contributed by atoms with E-state index < -0.39 is 41.5 Å². The van der Waals surface area contributed by atoms with E-state index in [9.17, 15) is 19.3 Å². The Kier molecular flexibility index (Phi) is 5.22. The number of allylic oxidation sites excluding steroid dienone is 3. The number of benzene rings is 1. The van der Waals surface area contributed by atoms with Crippen LogP contribution in [0.3, 0.4) is 0 Å². The van der Waals surface area contributed by atoms with Crippen molar-refractivity contribution in [2.24, 2.45) is 5.41 Å². The summed E-state index contributed by atoms with van der Waals surface area (Å²) < 4.78 is 19.3. The molecule has 0 radical (unpaired) electrons. The van der Waals surface area contributed by atoms with Crippen LogP contribution in [0.1, 0.15) is 34.6 Å². The van der Waals surface area contributed by atoms with E-state index in [2.05, 4.69) is 0 Å². The molecule has 0 aliphatic heterocycles. The molecule has 0 amide bonds. The van der Waals surface area contributed by atoms with Gasteiger partial charge >= 0.3 is 0 Å². The number of aliphatic hydroxyl groups excluding tert-OH is 1. The number of aliphatic hydroxyl groups is 1. The second kappa shape index (κ2) is 6.74. The summed E-state index contributed by atoms with van der Waals surface area (Å²) in [5, 5.41) is 10.3. The lowest BCUT2D eigenvalue weighted by molar-refractivity contribution is -0.118. The van der Waals surface area contributed by atoms with Crippen LogP contribution in [0.2, 0.25) is 0 Å². The second-order valence-electron chi connectivity index (χ2n) is 7.24. The highest BCUT2D eigenvalue weighted by Gasteiger charge is 2.44. The lowest BCUT2D eigenvalue weighted by Crippen LogP contribution is -2.29. The van der Waals surface area contributed by atoms with Gasteiger partial charge in [0.1, 0.15) is 5.31 Å². The van der Waals surface area contributed by atoms with Crippen LogP contribution < -0.4 is 5.30 Å². The van der Waals surface area contributed by atoms with Crippen molar-refractivity contribution in [2.75, 3.05) is 0 Å². The van der Waals surface area contributed by atoms with Crippen molar-refractivity contribution in [3.8, 4) is 0 Å². The standard InChI is InChI=1S/C19H23O5P/c1-12(2)24-25(23,13-9-7-6-8-10-13)18-15(20)11-14(19(3,4)5)16(21)17(18)22/h6-12,22H,1-5H3/t25-/m0/s1. The first kappa shape index (κ1) is 19.4. The van der Waals surface area contributed by atoms with E-state index in [0.29, 0.717) is 0 Å². The Bertz CT molecular complexity index is 810. The fourth-order valence-electron chi connectivity index (χ4n) is 2.62. The highest BCUT2D eigenvalue weighted by atomic mass is 31.2. The van der Waals surface area contributed by atoms with E-state index in [4.69, 9.17) is 4.52 Å². The fraction of sp³-hybridized carbons (Fsp3) is 0.368. The molecular formula is C19H23O5P. The van der Waals surface area contributed by atoms with E-state index in [-0.39, 0.29) is 10.9 Å². The van der Waals surface area contributed by atoms with Crippen LogP contribution in [0.4, 0.5) is 0 Å². The molecule has 0 saturated heterocycles. The molecule has 0 fully saturated rings. The third-order valence-electron chi connectivity index (χ3n) is 3.75. The molecular weight excluding hydrogens is 339 g/mol. The molecule has 0 heterocycles. The van der Waals surface area contributed by atoms with Gasteiger partial charge in [0, 0.05) is 10.9 Å². The molecule has 5 nitrogen and oxygen atoms in total. The van der Waals surface area contributed by atoms with Crippen molar-refractivity contribution < 1.29 is 23.8 Å². The maximum Gasteiger partial charge on any atom is 0.269 e. The molecule has 0 saturated carbocycles. The summed E-state index contributed by atoms with van der Waals surface area (Å²) in [5.41, 5.74) is -0.440. The van der Waals surface area contributed by atoms with E-state index >= 15 is 0 Å². The van der Waals surface area contributed by atoms with Gasteiger partial charge in [-0.05, 0) is 37.5 Å². The molecule has 0 aromatic heterocycles. The lowest BCUT2D eigenvalue weighted by Gasteiger charge is -2.28. The Morgan fingerprint density at radius 2 is 1.64 bits per heavy atom. The quantitative estimate of drug-likeness (QED) is 0.649. The maximum absolute atomic E-state index is 13.7. The van der Waals surface area contributed by atoms with Crippen molar-refractivity contribution in [3.63, 3.8) is 0 Å². The van der Waals surface area contributed by atoms with Gasteiger partial charge in [-0.15, -0.1) is 0 Å². The van der Waals surface area contributed by atoms with Gasteiger partial charge in [0.05, 0.1) is 6.10 Å². The Balaban J connectivity index is 2.67. The average molecular weight is 362 g/mol. The normalized spacial score (nSPS) is 18.4. The fourth-order valence-corrected chi connectivity index (χ4v) is 5.00. The van der Waals surface area contributed by atoms with Crippen LogP contribution in [0.5, 0.6) is 0 Å². The molecule has 1 aromatic rings. The summed E-state index contributed by atoms with van der Waals surface area (Å²) in [6.07, 6.45) is 0.693. The van der Waals surface area contributed by atoms with Gasteiger partial charge in [-0.25, -0.2) is 0 Å². The highest BCUT2D eigenvalue weighted by Crippen LogP contribution is 2.57. The monoisotopic (exact) mass is 362 g/mol. The van der Waals surface area contributed by atoms with Gasteiger partial charge in [0.15, 0.2) is 11.5 Å². The molecule has 1 N–H and O–H groups in total. The van der Waals surface area contributed by atoms with Crippen molar-refractivity contribution >= 4 is 24.2 Å². The lowest BCUT2D eigenvalue weighted by atomic mass is 9.81. The molecule has 2 rings (SSSR count). The molecule has 25 heavy (non-hydrogen) atoms. The predicted molar refractivity (Wildman–Crippen MR) is 97.1 cm³/mol. The molecule has 1 aliphatic carbocycles. The third-order valence-corrected chi connectivity index (χ3v) is 6.47. The third kappa shape index (κ3) is 3.68. The van der Waals surface area contributed by atoms with Gasteiger partial charge in [-0.2, -0.15) is 0 Å². The summed E-state index contributed by atoms with van der Waals surface area (Å²) in [6.45, 7) is 8.66. The summed E-state index contributed by atoms with van der Waals surface area (Å²) in [7, 11) is -3.92. The Morgan fingerprint density at radius 3 is 2.12 bits per heavy atom. The second-order valence-corrected chi connectivity index (χ2v) is 9.52. The number of hydrogen-bond donors (Lipinski definition) is 1. The van der Waals surface area contributed by atoms with Crippen LogP contribution in [-0.2, 0) is 18.7 Å². The SMILES string of the molecule is CC(C)O[P@](=O)(C1=C(O)C(=O)C(C(C)(C)C)=CC1=O)c1ccccc1. The van der Waals surface area contributed by atoms with Crippen LogP contribution in [-0.4, -0.2) is 22.8 Å². The summed E-state index contributed by atoms with van der Waals surface area (Å²) in [5.74, 6) is -2.13. The minimum absolute atomic E-state index is 0.183. The average Bonchev–Trinajstić information content (AvgIpc) is 2.50. The van der Waals surface area contributed by atoms with Gasteiger partial charge < -0.3 is 9.63 Å². The Hall–Kier alpha value is -1.97. The van der Waals surface area contributed by atoms with Crippen LogP contribution >= 0.6 is 7.37 Å². The first-order valence-electron chi connectivity index (χ1n) is 8.07. The molecule has 1 aromatic carbocycles. The minimum Gasteiger partial charge on any atom is -0.503 e. The summed E-state index contributed by atoms with van der Waals surface area (Å²) >= 11 is 0. The first-order valence-corrected chi connectivity index (χ1v) is 9.70. The number of ketones is 2. The van der Waals surface area contributed by atoms with Crippen molar-refractivity contribution in [3.05, 3.63) is 53.1 Å². The smallest absolute Gasteiger partial charge is 0.269 e. The molecule has 0 spiro atoms. The van der Waals surface area contributed by atoms with Crippen LogP contribution in [0.15, 0.2) is 53.1 Å². The van der Waals surface area contributed by atoms with Crippen molar-refractivity contribution in [1.82, 2.24) is 0 Å². The Labute approximate surface area is 147 Å². The molecule has 0 bridgehead atoms. The number of carbonyl (C=O) groups excluding carboxylic acids is 2. The predicted octanol–water partition coefficient (Wildman–Crippen LogP) is 3.91. The van der Waals surface area contributed by atoms with Crippen LogP contribution in [0, 0.1) is 5.41 Å². The number of rotatable bonds is 4. The zero-order chi connectivity index (χ0) is 19.0. The van der Waals surface area contributed by atoms with Gasteiger partial charge in [-0.1, -0.05) is 39.0 Å². The van der Waals surface area contributed by atoms with Gasteiger partial charge in [0.2, 0.25) is 5.78 Å². The maximum atomic E-state index is 13.7. The van der Waals surface area contributed by atoms with Crippen molar-refractivity contribution in [2.45, 2.75) is 40.7 Å². The number of hydrogen-bond acceptors (Lipinski definition) is 5. The zero-order valence-corrected chi connectivity index (χ0v) is 16.0. The molecule has 1 atom stereocenters. The Morgan fingerprint density at radius 1 is 1.08 bits per heavy atom. The van der Waals surface area contributed by atoms with Gasteiger partial charge in [-0.3, -0.25) is 14.2 Å². The first-order chi connectivity index (χ1) is 11.5. The summed E-state index contributed by atoms with van der Waals surface area (Å²) in [4.78, 5) is 25.3. The number of carbonyl (C=O) groups is 2. The zero-order valence-electron chi connectivity index (χ0n) is 15.1. The van der Waals surface area contributed by atoms with Gasteiger partial charge in [0.25, 0.3) is 7.37 Å². The van der Waals surface area contributed by atoms with Crippen LogP contribution in [0.25, 0.3) is 0 Å². The van der Waals surface area contributed by atoms with E-state index in [1.165, 1.54) is 0 Å². The molecule has 6 heteroatoms.